The van der Waals surface area contributed by atoms with E-state index in [-0.39, 0.29) is 38.2 Å². The van der Waals surface area contributed by atoms with Crippen LogP contribution in [0.15, 0.2) is 132 Å². The average Bonchev–Trinajstić information content (AvgIpc) is 3.52. The van der Waals surface area contributed by atoms with E-state index in [2.05, 4.69) is 11.1 Å². The summed E-state index contributed by atoms with van der Waals surface area (Å²) in [5.74, 6) is -3.09. The van der Waals surface area contributed by atoms with Gasteiger partial charge in [-0.1, -0.05) is 171 Å². The number of halogens is 6. The third-order valence-corrected chi connectivity index (χ3v) is 12.6. The van der Waals surface area contributed by atoms with Gasteiger partial charge in [-0.05, 0) is 61.1 Å². The molecule has 1 heterocycles. The highest BCUT2D eigenvalue weighted by Gasteiger charge is 2.39. The number of nitrogens with one attached hydrogen (secondary N) is 1. The van der Waals surface area contributed by atoms with Crippen LogP contribution in [0.3, 0.4) is 0 Å². The number of amides is 3. The average molecular weight is 1120 g/mol. The van der Waals surface area contributed by atoms with Gasteiger partial charge in [-0.2, -0.15) is 26.3 Å². The normalized spacial score (nSPS) is 13.5. The molecule has 0 saturated carbocycles. The Balaban J connectivity index is 0.00000145. The molecule has 0 aromatic heterocycles. The van der Waals surface area contributed by atoms with Crippen molar-refractivity contribution in [3.8, 4) is 5.75 Å². The van der Waals surface area contributed by atoms with Crippen LogP contribution < -0.4 is 20.5 Å². The smallest absolute Gasteiger partial charge is 0.444 e. The second-order valence-corrected chi connectivity index (χ2v) is 19.2. The number of ether oxygens (including phenoxy) is 1. The van der Waals surface area contributed by atoms with Crippen molar-refractivity contribution < 1.29 is 68.4 Å². The predicted molar refractivity (Wildman–Crippen MR) is 292 cm³/mol. The molecule has 0 unspecified atom stereocenters. The van der Waals surface area contributed by atoms with Crippen molar-refractivity contribution in [3.05, 3.63) is 166 Å². The molecule has 0 spiro atoms. The van der Waals surface area contributed by atoms with E-state index in [9.17, 15) is 45.3 Å². The lowest BCUT2D eigenvalue weighted by Crippen LogP contribution is -2.49. The van der Waals surface area contributed by atoms with E-state index in [0.717, 1.165) is 29.2 Å². The maximum atomic E-state index is 14.5. The minimum Gasteiger partial charge on any atom is -0.444 e. The van der Waals surface area contributed by atoms with Crippen LogP contribution in [0.4, 0.5) is 32.0 Å². The SMILES string of the molecule is CC.CC.CCC(F)(F)F.CC[C@@H](CCC(F)(F)F)C(=O)N[C@H]1N=C(c2ccccc2)c2ccccc2N(COC(=O)CC(C)(C)c2c(C)cc(C)cc2OP(=O)(OCc2ccccc2)OCc2ccccc2)C1=O.NC=O. The number of phosphoric acid groups is 1. The number of para-hydroxylation sites is 1. The van der Waals surface area contributed by atoms with E-state index < -0.39 is 81.5 Å². The van der Waals surface area contributed by atoms with Crippen LogP contribution in [0.25, 0.3) is 0 Å². The number of benzene rings is 5. The predicted octanol–water partition coefficient (Wildman–Crippen LogP) is 14.2. The van der Waals surface area contributed by atoms with Crippen molar-refractivity contribution >= 4 is 43.4 Å². The number of fused-ring (bicyclic) bond motifs is 1. The minimum absolute atomic E-state index is 0.0687. The molecule has 0 saturated heterocycles. The number of nitrogens with zero attached hydrogens (tertiary/aromatic N) is 2. The topological polar surface area (TPSA) is 176 Å². The number of nitrogens with two attached hydrogens (primary N) is 1. The van der Waals surface area contributed by atoms with Gasteiger partial charge in [0.15, 0.2) is 6.73 Å². The van der Waals surface area contributed by atoms with Crippen molar-refractivity contribution in [1.82, 2.24) is 5.32 Å². The zero-order valence-electron chi connectivity index (χ0n) is 45.9. The number of hydrogen-bond donors (Lipinski definition) is 2. The molecule has 2 atom stereocenters. The first-order valence-corrected chi connectivity index (χ1v) is 27.0. The number of rotatable bonds is 19. The molecule has 20 heteroatoms. The van der Waals surface area contributed by atoms with Crippen LogP contribution in [0, 0.1) is 19.8 Å². The first kappa shape index (κ1) is 67.3. The van der Waals surface area contributed by atoms with E-state index in [1.807, 2.05) is 114 Å². The Morgan fingerprint density at radius 2 is 1.27 bits per heavy atom. The van der Waals surface area contributed by atoms with E-state index in [1.165, 1.54) is 4.90 Å². The van der Waals surface area contributed by atoms with Gasteiger partial charge in [0, 0.05) is 40.9 Å². The van der Waals surface area contributed by atoms with Gasteiger partial charge in [0.1, 0.15) is 5.75 Å². The van der Waals surface area contributed by atoms with Gasteiger partial charge < -0.3 is 20.3 Å². The largest absolute Gasteiger partial charge is 0.530 e. The number of esters is 1. The zero-order chi connectivity index (χ0) is 58.7. The van der Waals surface area contributed by atoms with E-state index in [0.29, 0.717) is 28.1 Å². The number of aliphatic imine (C=N–C) groups is 1. The standard InChI is InChI=1S/C50H53F3N3O8P.C3H5F3.2C2H6.CH3NO/c1-6-38(26-27-50(51,52)53)47(58)55-46-48(59)56(41-25-17-16-24-40(41)45(54-46)39-22-14-9-15-23-39)33-61-43(57)30-49(4,5)44-35(3)28-34(2)29-42(44)64-65(60,62-31-36-18-10-7-11-19-36)63-32-37-20-12-8-13-21-37;1-2-3(4,5)6;2*1-2;2-1-3/h7-25,28-29,38,46H,6,26-27,30-33H2,1-5H3,(H,55,58);2H2,1H3;2*1-2H3;1H,(H2,2,3)/t38-,46+;;;;/m0..../s1. The quantitative estimate of drug-likeness (QED) is 0.0353. The van der Waals surface area contributed by atoms with Crippen LogP contribution in [-0.2, 0) is 56.2 Å². The van der Waals surface area contributed by atoms with E-state index >= 15 is 0 Å². The van der Waals surface area contributed by atoms with Gasteiger partial charge in [0.2, 0.25) is 18.5 Å². The fraction of sp³-hybridized carbons (Fsp3) is 0.397. The summed E-state index contributed by atoms with van der Waals surface area (Å²) in [5.41, 5.74) is 8.49. The number of hydrogen-bond acceptors (Lipinski definition) is 10. The van der Waals surface area contributed by atoms with E-state index in [4.69, 9.17) is 28.1 Å². The third kappa shape index (κ3) is 22.3. The summed E-state index contributed by atoms with van der Waals surface area (Å²) >= 11 is 0. The number of phosphoric ester groups is 1. The molecule has 0 fully saturated rings. The number of anilines is 1. The molecule has 0 radical (unpaired) electrons. The van der Waals surface area contributed by atoms with Crippen LogP contribution in [-0.4, -0.2) is 55.2 Å². The molecule has 0 bridgehead atoms. The summed E-state index contributed by atoms with van der Waals surface area (Å²) in [5, 5.41) is 2.60. The Kier molecular flexibility index (Phi) is 28.3. The molecule has 13 nitrogen and oxygen atoms in total. The lowest BCUT2D eigenvalue weighted by Gasteiger charge is -2.31. The number of aryl methyl sites for hydroxylation is 2. The molecule has 3 N–H and O–H groups in total. The van der Waals surface area contributed by atoms with Crippen molar-refractivity contribution in [1.29, 1.82) is 0 Å². The molecular formula is C58H73F6N4O9P. The summed E-state index contributed by atoms with van der Waals surface area (Å²) in [7, 11) is -4.33. The fourth-order valence-electron chi connectivity index (χ4n) is 7.76. The first-order valence-electron chi connectivity index (χ1n) is 25.5. The van der Waals surface area contributed by atoms with Gasteiger partial charge in [0.25, 0.3) is 5.91 Å². The number of primary amides is 1. The Labute approximate surface area is 454 Å². The van der Waals surface area contributed by atoms with Gasteiger partial charge >= 0.3 is 26.1 Å². The number of carbonyl (C=O) groups is 4. The maximum Gasteiger partial charge on any atom is 0.530 e. The van der Waals surface area contributed by atoms with Gasteiger partial charge in [-0.3, -0.25) is 33.1 Å². The number of alkyl halides is 6. The summed E-state index contributed by atoms with van der Waals surface area (Å²) in [6.45, 7) is 17.3. The fourth-order valence-corrected chi connectivity index (χ4v) is 8.94. The second kappa shape index (κ2) is 32.8. The van der Waals surface area contributed by atoms with Gasteiger partial charge in [0.05, 0.1) is 31.0 Å². The van der Waals surface area contributed by atoms with Crippen LogP contribution in [0.5, 0.6) is 5.75 Å². The van der Waals surface area contributed by atoms with Crippen LogP contribution in [0.1, 0.15) is 126 Å². The summed E-state index contributed by atoms with van der Waals surface area (Å²) in [6.07, 6.45) is -12.2. The first-order chi connectivity index (χ1) is 36.9. The molecule has 6 rings (SSSR count). The molecule has 5 aromatic rings. The maximum absolute atomic E-state index is 14.5. The van der Waals surface area contributed by atoms with Crippen LogP contribution in [0.2, 0.25) is 0 Å². The highest BCUT2D eigenvalue weighted by molar-refractivity contribution is 7.48. The second-order valence-electron chi connectivity index (χ2n) is 17.6. The molecule has 1 aliphatic heterocycles. The molecule has 1 aliphatic rings. The molecule has 3 amide bonds. The van der Waals surface area contributed by atoms with E-state index in [1.54, 1.807) is 75.4 Å². The van der Waals surface area contributed by atoms with Crippen molar-refractivity contribution in [2.75, 3.05) is 11.6 Å². The Hall–Kier alpha value is -6.82. The number of benzodiazepines with no additional fused rings is 1. The monoisotopic (exact) mass is 1110 g/mol. The highest BCUT2D eigenvalue weighted by atomic mass is 31.2. The lowest BCUT2D eigenvalue weighted by atomic mass is 9.78. The summed E-state index contributed by atoms with van der Waals surface area (Å²) in [4.78, 5) is 56.5. The minimum atomic E-state index is -4.47. The van der Waals surface area contributed by atoms with Gasteiger partial charge in [-0.15, -0.1) is 0 Å². The molecule has 78 heavy (non-hydrogen) atoms. The zero-order valence-corrected chi connectivity index (χ0v) is 46.8. The molecular weight excluding hydrogens is 1040 g/mol. The van der Waals surface area contributed by atoms with Crippen LogP contribution >= 0.6 is 7.82 Å². The Morgan fingerprint density at radius 1 is 0.782 bits per heavy atom. The third-order valence-electron chi connectivity index (χ3n) is 11.3. The summed E-state index contributed by atoms with van der Waals surface area (Å²) < 4.78 is 110. The molecule has 426 valence electrons. The molecule has 5 aromatic carbocycles. The van der Waals surface area contributed by atoms with Crippen molar-refractivity contribution in [3.63, 3.8) is 0 Å². The highest BCUT2D eigenvalue weighted by Crippen LogP contribution is 2.53. The van der Waals surface area contributed by atoms with Crippen molar-refractivity contribution in [2.45, 2.75) is 138 Å². The van der Waals surface area contributed by atoms with Gasteiger partial charge in [-0.25, -0.2) is 9.56 Å². The Bertz CT molecular complexity index is 2660. The summed E-state index contributed by atoms with van der Waals surface area (Å²) in [6, 6.07) is 37.7. The lowest BCUT2D eigenvalue weighted by molar-refractivity contribution is -0.146. The number of carbonyl (C=O) groups excluding carboxylic acids is 4. The Morgan fingerprint density at radius 3 is 1.76 bits per heavy atom. The molecule has 0 aliphatic carbocycles. The van der Waals surface area contributed by atoms with Crippen molar-refractivity contribution in [2.24, 2.45) is 16.6 Å².